The monoisotopic (exact) mass is 270 g/mol. The fourth-order valence-electron chi connectivity index (χ4n) is 2.31. The average Bonchev–Trinajstić information content (AvgIpc) is 2.50. The van der Waals surface area contributed by atoms with Crippen LogP contribution in [0.25, 0.3) is 11.3 Å². The molecule has 0 atom stereocenters. The lowest BCUT2D eigenvalue weighted by Crippen LogP contribution is -2.35. The molecular weight excluding hydrogens is 252 g/mol. The molecule has 0 radical (unpaired) electrons. The van der Waals surface area contributed by atoms with Crippen molar-refractivity contribution in [2.24, 2.45) is 0 Å². The minimum absolute atomic E-state index is 0.702. The van der Waals surface area contributed by atoms with Crippen molar-refractivity contribution in [1.82, 2.24) is 14.9 Å². The van der Waals surface area contributed by atoms with Crippen LogP contribution in [0.5, 0.6) is 0 Å². The van der Waals surface area contributed by atoms with Crippen molar-refractivity contribution in [3.8, 4) is 11.3 Å². The fourth-order valence-corrected chi connectivity index (χ4v) is 2.31. The van der Waals surface area contributed by atoms with Gasteiger partial charge in [0, 0.05) is 49.5 Å². The van der Waals surface area contributed by atoms with Gasteiger partial charge in [-0.1, -0.05) is 6.07 Å². The number of morpholine rings is 1. The lowest BCUT2D eigenvalue weighted by molar-refractivity contribution is 0.0341. The molecule has 20 heavy (non-hydrogen) atoms. The van der Waals surface area contributed by atoms with Crippen molar-refractivity contribution in [2.45, 2.75) is 6.54 Å². The summed E-state index contributed by atoms with van der Waals surface area (Å²) in [6.45, 7) is 4.52. The van der Waals surface area contributed by atoms with Crippen LogP contribution in [0.2, 0.25) is 0 Å². The lowest BCUT2D eigenvalue weighted by atomic mass is 10.1. The summed E-state index contributed by atoms with van der Waals surface area (Å²) in [4.78, 5) is 11.0. The highest BCUT2D eigenvalue weighted by molar-refractivity contribution is 5.72. The van der Waals surface area contributed by atoms with Gasteiger partial charge in [0.25, 0.3) is 0 Å². The Hall–Kier alpha value is -1.98. The predicted octanol–water partition coefficient (Wildman–Crippen LogP) is 1.56. The predicted molar refractivity (Wildman–Crippen MR) is 78.0 cm³/mol. The Morgan fingerprint density at radius 3 is 2.70 bits per heavy atom. The van der Waals surface area contributed by atoms with Crippen molar-refractivity contribution in [2.75, 3.05) is 32.0 Å². The van der Waals surface area contributed by atoms with Crippen molar-refractivity contribution in [3.05, 3.63) is 42.4 Å². The molecule has 0 saturated carbocycles. The second-order valence-electron chi connectivity index (χ2n) is 4.90. The van der Waals surface area contributed by atoms with E-state index in [2.05, 4.69) is 20.9 Å². The average molecular weight is 270 g/mol. The maximum atomic E-state index is 5.94. The van der Waals surface area contributed by atoms with Gasteiger partial charge in [-0.05, 0) is 17.7 Å². The summed E-state index contributed by atoms with van der Waals surface area (Å²) >= 11 is 0. The molecule has 5 heteroatoms. The van der Waals surface area contributed by atoms with Crippen LogP contribution < -0.4 is 5.73 Å². The molecule has 2 N–H and O–H groups in total. The number of nitrogen functional groups attached to an aromatic ring is 1. The van der Waals surface area contributed by atoms with Crippen molar-refractivity contribution < 1.29 is 4.74 Å². The standard InChI is InChI=1S/C15H18N4O/c16-14-3-4-17-10-13(14)15-2-1-12(9-18-15)11-19-5-7-20-8-6-19/h1-4,9-10H,5-8,11H2,(H2,16,17). The molecule has 0 aliphatic carbocycles. The van der Waals surface area contributed by atoms with Crippen LogP contribution in [0.3, 0.4) is 0 Å². The van der Waals surface area contributed by atoms with Gasteiger partial charge in [-0.25, -0.2) is 0 Å². The van der Waals surface area contributed by atoms with E-state index in [1.807, 2.05) is 12.3 Å². The zero-order valence-electron chi connectivity index (χ0n) is 11.3. The molecule has 2 aromatic heterocycles. The molecule has 0 bridgehead atoms. The second kappa shape index (κ2) is 5.98. The van der Waals surface area contributed by atoms with Crippen LogP contribution in [-0.4, -0.2) is 41.2 Å². The molecule has 1 saturated heterocycles. The largest absolute Gasteiger partial charge is 0.398 e. The fraction of sp³-hybridized carbons (Fsp3) is 0.333. The third-order valence-electron chi connectivity index (χ3n) is 3.47. The van der Waals surface area contributed by atoms with Gasteiger partial charge in [0.2, 0.25) is 0 Å². The smallest absolute Gasteiger partial charge is 0.0738 e. The Bertz CT molecular complexity index is 564. The first-order chi connectivity index (χ1) is 9.83. The van der Waals surface area contributed by atoms with Gasteiger partial charge in [-0.3, -0.25) is 14.9 Å². The van der Waals surface area contributed by atoms with Crippen LogP contribution in [0.4, 0.5) is 5.69 Å². The molecule has 104 valence electrons. The molecule has 0 amide bonds. The first-order valence-corrected chi connectivity index (χ1v) is 6.78. The van der Waals surface area contributed by atoms with Crippen LogP contribution in [0.15, 0.2) is 36.8 Å². The molecule has 1 aliphatic rings. The molecule has 0 unspecified atom stereocenters. The highest BCUT2D eigenvalue weighted by Gasteiger charge is 2.11. The Morgan fingerprint density at radius 2 is 2.00 bits per heavy atom. The number of nitrogens with zero attached hydrogens (tertiary/aromatic N) is 3. The topological polar surface area (TPSA) is 64.3 Å². The van der Waals surface area contributed by atoms with Gasteiger partial charge in [-0.15, -0.1) is 0 Å². The molecule has 0 aromatic carbocycles. The van der Waals surface area contributed by atoms with E-state index in [0.717, 1.165) is 44.1 Å². The van der Waals surface area contributed by atoms with Gasteiger partial charge < -0.3 is 10.5 Å². The highest BCUT2D eigenvalue weighted by atomic mass is 16.5. The zero-order chi connectivity index (χ0) is 13.8. The maximum Gasteiger partial charge on any atom is 0.0738 e. The van der Waals surface area contributed by atoms with Gasteiger partial charge >= 0.3 is 0 Å². The van der Waals surface area contributed by atoms with E-state index >= 15 is 0 Å². The van der Waals surface area contributed by atoms with Crippen molar-refractivity contribution in [3.63, 3.8) is 0 Å². The Labute approximate surface area is 118 Å². The number of ether oxygens (including phenoxy) is 1. The highest BCUT2D eigenvalue weighted by Crippen LogP contribution is 2.22. The summed E-state index contributed by atoms with van der Waals surface area (Å²) in [7, 11) is 0. The Balaban J connectivity index is 1.73. The third-order valence-corrected chi connectivity index (χ3v) is 3.47. The molecule has 3 rings (SSSR count). The van der Waals surface area contributed by atoms with Crippen LogP contribution >= 0.6 is 0 Å². The molecular formula is C15H18N4O. The van der Waals surface area contributed by atoms with Gasteiger partial charge in [0.1, 0.15) is 0 Å². The minimum Gasteiger partial charge on any atom is -0.398 e. The van der Waals surface area contributed by atoms with Crippen molar-refractivity contribution in [1.29, 1.82) is 0 Å². The number of rotatable bonds is 3. The van der Waals surface area contributed by atoms with E-state index in [0.29, 0.717) is 5.69 Å². The summed E-state index contributed by atoms with van der Waals surface area (Å²) in [5, 5.41) is 0. The van der Waals surface area contributed by atoms with Gasteiger partial charge in [-0.2, -0.15) is 0 Å². The molecule has 3 heterocycles. The summed E-state index contributed by atoms with van der Waals surface area (Å²) in [6, 6.07) is 5.89. The molecule has 5 nitrogen and oxygen atoms in total. The van der Waals surface area contributed by atoms with Crippen LogP contribution in [0.1, 0.15) is 5.56 Å². The van der Waals surface area contributed by atoms with E-state index < -0.39 is 0 Å². The number of aromatic nitrogens is 2. The number of hydrogen-bond acceptors (Lipinski definition) is 5. The van der Waals surface area contributed by atoms with E-state index in [-0.39, 0.29) is 0 Å². The Kier molecular flexibility index (Phi) is 3.90. The zero-order valence-corrected chi connectivity index (χ0v) is 11.3. The van der Waals surface area contributed by atoms with Gasteiger partial charge in [0.05, 0.1) is 18.9 Å². The molecule has 1 fully saturated rings. The maximum absolute atomic E-state index is 5.94. The number of anilines is 1. The molecule has 0 spiro atoms. The van der Waals surface area contributed by atoms with E-state index in [1.165, 1.54) is 5.56 Å². The molecule has 2 aromatic rings. The van der Waals surface area contributed by atoms with Crippen molar-refractivity contribution >= 4 is 5.69 Å². The van der Waals surface area contributed by atoms with Gasteiger partial charge in [0.15, 0.2) is 0 Å². The Morgan fingerprint density at radius 1 is 1.15 bits per heavy atom. The molecule has 1 aliphatic heterocycles. The number of hydrogen-bond donors (Lipinski definition) is 1. The van der Waals surface area contributed by atoms with Crippen LogP contribution in [-0.2, 0) is 11.3 Å². The first kappa shape index (κ1) is 13.0. The minimum atomic E-state index is 0.702. The SMILES string of the molecule is Nc1ccncc1-c1ccc(CN2CCOCC2)cn1. The second-order valence-corrected chi connectivity index (χ2v) is 4.90. The summed E-state index contributed by atoms with van der Waals surface area (Å²) in [6.07, 6.45) is 5.35. The van der Waals surface area contributed by atoms with E-state index in [4.69, 9.17) is 10.5 Å². The third kappa shape index (κ3) is 2.95. The van der Waals surface area contributed by atoms with E-state index in [1.54, 1.807) is 18.5 Å². The number of pyridine rings is 2. The summed E-state index contributed by atoms with van der Waals surface area (Å²) in [5.74, 6) is 0. The normalized spacial score (nSPS) is 16.2. The van der Waals surface area contributed by atoms with Crippen LogP contribution in [0, 0.1) is 0 Å². The summed E-state index contributed by atoms with van der Waals surface area (Å²) in [5.41, 5.74) is 9.59. The quantitative estimate of drug-likeness (QED) is 0.917. The van der Waals surface area contributed by atoms with E-state index in [9.17, 15) is 0 Å². The first-order valence-electron chi connectivity index (χ1n) is 6.78. The summed E-state index contributed by atoms with van der Waals surface area (Å²) < 4.78 is 5.35. The lowest BCUT2D eigenvalue weighted by Gasteiger charge is -2.26. The number of nitrogens with two attached hydrogens (primary N) is 1.